The maximum atomic E-state index is 5.69. The van der Waals surface area contributed by atoms with Crippen molar-refractivity contribution in [2.45, 2.75) is 26.1 Å². The normalized spacial score (nSPS) is 14.8. The largest absolute Gasteiger partial charge is 0.330 e. The van der Waals surface area contributed by atoms with Crippen molar-refractivity contribution in [2.24, 2.45) is 12.8 Å². The van der Waals surface area contributed by atoms with Gasteiger partial charge in [0.2, 0.25) is 0 Å². The molecule has 3 rings (SSSR count). The quantitative estimate of drug-likeness (QED) is 0.900. The van der Waals surface area contributed by atoms with Gasteiger partial charge in [-0.1, -0.05) is 30.3 Å². The van der Waals surface area contributed by atoms with Crippen molar-refractivity contribution in [3.63, 3.8) is 0 Å². The minimum atomic E-state index is 0.685. The maximum absolute atomic E-state index is 5.69. The fraction of sp³-hybridized carbons (Fsp3) is 0.400. The summed E-state index contributed by atoms with van der Waals surface area (Å²) in [5.41, 5.74) is 11.0. The van der Waals surface area contributed by atoms with E-state index >= 15 is 0 Å². The number of aromatic nitrogens is 2. The summed E-state index contributed by atoms with van der Waals surface area (Å²) in [6.45, 7) is 3.61. The molecule has 1 aliphatic heterocycles. The van der Waals surface area contributed by atoms with Crippen molar-refractivity contribution < 1.29 is 0 Å². The van der Waals surface area contributed by atoms with E-state index in [9.17, 15) is 0 Å². The predicted octanol–water partition coefficient (Wildman–Crippen LogP) is 1.44. The van der Waals surface area contributed by atoms with Gasteiger partial charge in [0.15, 0.2) is 0 Å². The highest BCUT2D eigenvalue weighted by Gasteiger charge is 2.25. The second-order valence-corrected chi connectivity index (χ2v) is 5.16. The van der Waals surface area contributed by atoms with E-state index in [1.165, 1.54) is 22.5 Å². The van der Waals surface area contributed by atoms with E-state index in [1.54, 1.807) is 0 Å². The molecule has 2 aromatic rings. The smallest absolute Gasteiger partial charge is 0.0812 e. The Bertz CT molecular complexity index is 559. The summed E-state index contributed by atoms with van der Waals surface area (Å²) in [5, 5.41) is 4.62. The molecule has 4 heteroatoms. The third-order valence-corrected chi connectivity index (χ3v) is 3.74. The van der Waals surface area contributed by atoms with E-state index in [2.05, 4.69) is 40.3 Å². The summed E-state index contributed by atoms with van der Waals surface area (Å²) in [6, 6.07) is 10.6. The van der Waals surface area contributed by atoms with Gasteiger partial charge < -0.3 is 5.73 Å². The van der Waals surface area contributed by atoms with Crippen LogP contribution in [0.5, 0.6) is 0 Å². The number of rotatable bonds is 4. The zero-order valence-electron chi connectivity index (χ0n) is 11.3. The van der Waals surface area contributed by atoms with Crippen LogP contribution in [0.25, 0.3) is 0 Å². The Morgan fingerprint density at radius 1 is 1.21 bits per heavy atom. The molecular formula is C15H20N4. The third-order valence-electron chi connectivity index (χ3n) is 3.74. The van der Waals surface area contributed by atoms with Crippen LogP contribution in [0.3, 0.4) is 0 Å². The highest BCUT2D eigenvalue weighted by molar-refractivity contribution is 5.30. The van der Waals surface area contributed by atoms with Gasteiger partial charge in [-0.2, -0.15) is 5.10 Å². The Morgan fingerprint density at radius 2 is 2.00 bits per heavy atom. The van der Waals surface area contributed by atoms with Crippen LogP contribution in [-0.2, 0) is 33.1 Å². The molecule has 19 heavy (non-hydrogen) atoms. The van der Waals surface area contributed by atoms with Crippen molar-refractivity contribution in [2.75, 3.05) is 6.54 Å². The predicted molar refractivity (Wildman–Crippen MR) is 75.4 cm³/mol. The van der Waals surface area contributed by atoms with Gasteiger partial charge >= 0.3 is 0 Å². The summed E-state index contributed by atoms with van der Waals surface area (Å²) in [7, 11) is 2.02. The maximum Gasteiger partial charge on any atom is 0.0812 e. The van der Waals surface area contributed by atoms with Crippen molar-refractivity contribution in [1.29, 1.82) is 0 Å². The van der Waals surface area contributed by atoms with Crippen LogP contribution in [0.15, 0.2) is 30.3 Å². The van der Waals surface area contributed by atoms with Crippen molar-refractivity contribution in [1.82, 2.24) is 14.7 Å². The number of hydrogen-bond donors (Lipinski definition) is 1. The van der Waals surface area contributed by atoms with Gasteiger partial charge in [0.25, 0.3) is 0 Å². The van der Waals surface area contributed by atoms with Crippen molar-refractivity contribution >= 4 is 0 Å². The number of nitrogens with zero attached hydrogens (tertiary/aromatic N) is 3. The number of fused-ring (bicyclic) bond motifs is 1. The molecule has 1 aliphatic rings. The van der Waals surface area contributed by atoms with Gasteiger partial charge in [-0.05, 0) is 12.1 Å². The molecule has 0 amide bonds. The molecule has 0 spiro atoms. The summed E-state index contributed by atoms with van der Waals surface area (Å²) >= 11 is 0. The Labute approximate surface area is 113 Å². The van der Waals surface area contributed by atoms with Crippen LogP contribution >= 0.6 is 0 Å². The number of hydrogen-bond acceptors (Lipinski definition) is 3. The average molecular weight is 256 g/mol. The highest BCUT2D eigenvalue weighted by Crippen LogP contribution is 2.26. The Hall–Kier alpha value is -1.65. The zero-order valence-corrected chi connectivity index (χ0v) is 11.3. The van der Waals surface area contributed by atoms with Gasteiger partial charge in [0.1, 0.15) is 0 Å². The molecule has 0 unspecified atom stereocenters. The van der Waals surface area contributed by atoms with Crippen molar-refractivity contribution in [3.05, 3.63) is 52.8 Å². The first-order valence-electron chi connectivity index (χ1n) is 6.78. The van der Waals surface area contributed by atoms with E-state index < -0.39 is 0 Å². The summed E-state index contributed by atoms with van der Waals surface area (Å²) < 4.78 is 2.00. The Balaban J connectivity index is 1.74. The molecule has 2 heterocycles. The first-order chi connectivity index (χ1) is 9.28. The zero-order chi connectivity index (χ0) is 13.2. The average Bonchev–Trinajstić information content (AvgIpc) is 2.90. The standard InChI is InChI=1S/C15H20N4/c1-18-15(7-8-16)13-10-19(11-14(13)17-18)9-12-5-3-2-4-6-12/h2-6H,7-11,16H2,1H3. The van der Waals surface area contributed by atoms with Crippen LogP contribution in [0.4, 0.5) is 0 Å². The molecular weight excluding hydrogens is 236 g/mol. The topological polar surface area (TPSA) is 47.1 Å². The van der Waals surface area contributed by atoms with E-state index in [0.717, 1.165) is 26.1 Å². The molecule has 0 atom stereocenters. The molecule has 1 aromatic heterocycles. The molecule has 100 valence electrons. The molecule has 0 saturated heterocycles. The molecule has 0 radical (unpaired) electrons. The lowest BCUT2D eigenvalue weighted by Gasteiger charge is -2.15. The molecule has 0 bridgehead atoms. The second kappa shape index (κ2) is 5.15. The summed E-state index contributed by atoms with van der Waals surface area (Å²) in [6.07, 6.45) is 0.915. The van der Waals surface area contributed by atoms with E-state index in [1.807, 2.05) is 11.7 Å². The van der Waals surface area contributed by atoms with Crippen LogP contribution in [0.1, 0.15) is 22.5 Å². The molecule has 2 N–H and O–H groups in total. The third kappa shape index (κ3) is 2.41. The van der Waals surface area contributed by atoms with Crippen LogP contribution in [0, 0.1) is 0 Å². The summed E-state index contributed by atoms with van der Waals surface area (Å²) in [4.78, 5) is 2.44. The van der Waals surface area contributed by atoms with E-state index in [4.69, 9.17) is 5.73 Å². The fourth-order valence-corrected chi connectivity index (χ4v) is 2.87. The second-order valence-electron chi connectivity index (χ2n) is 5.16. The fourth-order valence-electron chi connectivity index (χ4n) is 2.87. The van der Waals surface area contributed by atoms with Gasteiger partial charge in [0, 0.05) is 44.4 Å². The number of aryl methyl sites for hydroxylation is 1. The van der Waals surface area contributed by atoms with E-state index in [0.29, 0.717) is 6.54 Å². The molecule has 0 fully saturated rings. The van der Waals surface area contributed by atoms with Gasteiger partial charge in [-0.3, -0.25) is 9.58 Å². The Kier molecular flexibility index (Phi) is 3.36. The van der Waals surface area contributed by atoms with Crippen LogP contribution < -0.4 is 5.73 Å². The van der Waals surface area contributed by atoms with Crippen LogP contribution in [0.2, 0.25) is 0 Å². The first kappa shape index (κ1) is 12.4. The number of benzene rings is 1. The van der Waals surface area contributed by atoms with E-state index in [-0.39, 0.29) is 0 Å². The lowest BCUT2D eigenvalue weighted by Crippen LogP contribution is -2.18. The first-order valence-corrected chi connectivity index (χ1v) is 6.78. The van der Waals surface area contributed by atoms with Crippen molar-refractivity contribution in [3.8, 4) is 0 Å². The minimum absolute atomic E-state index is 0.685. The van der Waals surface area contributed by atoms with Crippen LogP contribution in [-0.4, -0.2) is 21.2 Å². The number of nitrogens with two attached hydrogens (primary N) is 1. The lowest BCUT2D eigenvalue weighted by atomic mass is 10.1. The lowest BCUT2D eigenvalue weighted by molar-refractivity contribution is 0.270. The van der Waals surface area contributed by atoms with Gasteiger partial charge in [0.05, 0.1) is 5.69 Å². The molecule has 1 aromatic carbocycles. The molecule has 0 saturated carbocycles. The van der Waals surface area contributed by atoms with Gasteiger partial charge in [-0.25, -0.2) is 0 Å². The minimum Gasteiger partial charge on any atom is -0.330 e. The Morgan fingerprint density at radius 3 is 2.74 bits per heavy atom. The van der Waals surface area contributed by atoms with Gasteiger partial charge in [-0.15, -0.1) is 0 Å². The SMILES string of the molecule is Cn1nc2c(c1CCN)CN(Cc1ccccc1)C2. The molecule has 0 aliphatic carbocycles. The highest BCUT2D eigenvalue weighted by atomic mass is 15.3. The summed E-state index contributed by atoms with van der Waals surface area (Å²) in [5.74, 6) is 0. The molecule has 4 nitrogen and oxygen atoms in total. The monoisotopic (exact) mass is 256 g/mol.